The summed E-state index contributed by atoms with van der Waals surface area (Å²) in [4.78, 5) is 19.3. The minimum absolute atomic E-state index is 0.0400. The third-order valence-corrected chi connectivity index (χ3v) is 3.12. The van der Waals surface area contributed by atoms with Crippen LogP contribution in [0.25, 0.3) is 0 Å². The smallest absolute Gasteiger partial charge is 0.237 e. The average molecular weight is 266 g/mol. The molecule has 1 aliphatic rings. The molecule has 0 aromatic carbocycles. The Morgan fingerprint density at radius 3 is 3.26 bits per heavy atom. The van der Waals surface area contributed by atoms with Crippen LogP contribution in [0.1, 0.15) is 31.7 Å². The maximum absolute atomic E-state index is 12.0. The fourth-order valence-corrected chi connectivity index (χ4v) is 2.08. The van der Waals surface area contributed by atoms with E-state index in [9.17, 15) is 4.79 Å². The Morgan fingerprint density at radius 1 is 1.63 bits per heavy atom. The van der Waals surface area contributed by atoms with E-state index in [1.165, 1.54) is 0 Å². The highest BCUT2D eigenvalue weighted by atomic mass is 16.5. The van der Waals surface area contributed by atoms with Gasteiger partial charge in [-0.15, -0.1) is 0 Å². The van der Waals surface area contributed by atoms with Crippen molar-refractivity contribution in [2.24, 2.45) is 0 Å². The van der Waals surface area contributed by atoms with Crippen molar-refractivity contribution >= 4 is 5.91 Å². The Bertz CT molecular complexity index is 417. The number of imidazole rings is 1. The lowest BCUT2D eigenvalue weighted by Gasteiger charge is -2.22. The standard InChI is InChI=1S/C13H22N4O2/c1-9(2)19-5-3-4-14-13(18)11-6-10-12(7-15-11)17-8-16-10/h8-9,11,15H,3-7H2,1-2H3,(H,14,18)(H,16,17). The Hall–Kier alpha value is -1.40. The monoisotopic (exact) mass is 266 g/mol. The highest BCUT2D eigenvalue weighted by molar-refractivity contribution is 5.82. The van der Waals surface area contributed by atoms with Gasteiger partial charge in [0.1, 0.15) is 0 Å². The summed E-state index contributed by atoms with van der Waals surface area (Å²) in [7, 11) is 0. The minimum Gasteiger partial charge on any atom is -0.379 e. The molecular formula is C13H22N4O2. The van der Waals surface area contributed by atoms with E-state index in [-0.39, 0.29) is 18.1 Å². The maximum atomic E-state index is 12.0. The molecule has 19 heavy (non-hydrogen) atoms. The number of ether oxygens (including phenoxy) is 1. The number of rotatable bonds is 6. The van der Waals surface area contributed by atoms with Crippen molar-refractivity contribution in [1.82, 2.24) is 20.6 Å². The van der Waals surface area contributed by atoms with E-state index >= 15 is 0 Å². The predicted octanol–water partition coefficient (Wildman–Crippen LogP) is 0.355. The van der Waals surface area contributed by atoms with Crippen molar-refractivity contribution in [3.8, 4) is 0 Å². The molecule has 0 radical (unpaired) electrons. The number of aromatic amines is 1. The molecule has 0 fully saturated rings. The van der Waals surface area contributed by atoms with Gasteiger partial charge in [-0.05, 0) is 20.3 Å². The summed E-state index contributed by atoms with van der Waals surface area (Å²) < 4.78 is 5.42. The molecular weight excluding hydrogens is 244 g/mol. The zero-order valence-corrected chi connectivity index (χ0v) is 11.5. The molecule has 6 heteroatoms. The van der Waals surface area contributed by atoms with E-state index in [1.54, 1.807) is 6.33 Å². The molecule has 0 spiro atoms. The molecule has 3 N–H and O–H groups in total. The zero-order chi connectivity index (χ0) is 13.7. The van der Waals surface area contributed by atoms with Crippen LogP contribution in [0.4, 0.5) is 0 Å². The number of amides is 1. The van der Waals surface area contributed by atoms with Gasteiger partial charge < -0.3 is 15.0 Å². The first-order valence-electron chi connectivity index (χ1n) is 6.80. The molecule has 1 amide bonds. The molecule has 0 bridgehead atoms. The van der Waals surface area contributed by atoms with Gasteiger partial charge in [0, 0.05) is 26.1 Å². The number of nitrogens with zero attached hydrogens (tertiary/aromatic N) is 1. The second-order valence-corrected chi connectivity index (χ2v) is 5.03. The second kappa shape index (κ2) is 6.68. The van der Waals surface area contributed by atoms with Gasteiger partial charge in [-0.2, -0.15) is 0 Å². The number of carbonyl (C=O) groups excluding carboxylic acids is 1. The summed E-state index contributed by atoms with van der Waals surface area (Å²) in [5.74, 6) is 0.0400. The van der Waals surface area contributed by atoms with E-state index in [4.69, 9.17) is 4.74 Å². The SMILES string of the molecule is CC(C)OCCCNC(=O)C1Cc2nc[nH]c2CN1. The molecule has 1 aliphatic heterocycles. The summed E-state index contributed by atoms with van der Waals surface area (Å²) in [6, 6.07) is -0.179. The molecule has 1 unspecified atom stereocenters. The highest BCUT2D eigenvalue weighted by Crippen LogP contribution is 2.11. The Balaban J connectivity index is 1.67. The molecule has 1 aromatic heterocycles. The molecule has 0 saturated carbocycles. The molecule has 1 aromatic rings. The molecule has 2 rings (SSSR count). The van der Waals surface area contributed by atoms with Crippen molar-refractivity contribution in [2.45, 2.75) is 45.4 Å². The number of carbonyl (C=O) groups is 1. The van der Waals surface area contributed by atoms with Gasteiger partial charge in [-0.1, -0.05) is 0 Å². The number of hydrogen-bond acceptors (Lipinski definition) is 4. The van der Waals surface area contributed by atoms with Gasteiger partial charge in [0.15, 0.2) is 0 Å². The third kappa shape index (κ3) is 4.04. The Kier molecular flexibility index (Phi) is 4.93. The van der Waals surface area contributed by atoms with E-state index in [0.29, 0.717) is 26.1 Å². The van der Waals surface area contributed by atoms with Crippen LogP contribution in [-0.4, -0.2) is 41.2 Å². The van der Waals surface area contributed by atoms with Crippen LogP contribution in [0.15, 0.2) is 6.33 Å². The van der Waals surface area contributed by atoms with Crippen LogP contribution in [0.3, 0.4) is 0 Å². The largest absolute Gasteiger partial charge is 0.379 e. The third-order valence-electron chi connectivity index (χ3n) is 3.12. The zero-order valence-electron chi connectivity index (χ0n) is 11.5. The summed E-state index contributed by atoms with van der Waals surface area (Å²) >= 11 is 0. The van der Waals surface area contributed by atoms with Crippen LogP contribution in [-0.2, 0) is 22.5 Å². The van der Waals surface area contributed by atoms with Gasteiger partial charge in [-0.3, -0.25) is 10.1 Å². The van der Waals surface area contributed by atoms with Crippen molar-refractivity contribution in [3.63, 3.8) is 0 Å². The summed E-state index contributed by atoms with van der Waals surface area (Å²) in [5, 5.41) is 6.14. The Morgan fingerprint density at radius 2 is 2.47 bits per heavy atom. The van der Waals surface area contributed by atoms with Crippen LogP contribution in [0.5, 0.6) is 0 Å². The van der Waals surface area contributed by atoms with E-state index in [0.717, 1.165) is 17.8 Å². The molecule has 6 nitrogen and oxygen atoms in total. The van der Waals surface area contributed by atoms with Gasteiger partial charge >= 0.3 is 0 Å². The van der Waals surface area contributed by atoms with Crippen LogP contribution in [0, 0.1) is 0 Å². The summed E-state index contributed by atoms with van der Waals surface area (Å²) in [6.45, 7) is 6.01. The number of aromatic nitrogens is 2. The number of H-pyrrole nitrogens is 1. The number of fused-ring (bicyclic) bond motifs is 1. The van der Waals surface area contributed by atoms with Gasteiger partial charge in [0.25, 0.3) is 0 Å². The van der Waals surface area contributed by atoms with E-state index in [1.807, 2.05) is 13.8 Å². The van der Waals surface area contributed by atoms with Crippen molar-refractivity contribution in [2.75, 3.05) is 13.2 Å². The fraction of sp³-hybridized carbons (Fsp3) is 0.692. The summed E-state index contributed by atoms with van der Waals surface area (Å²) in [6.07, 6.45) is 3.40. The van der Waals surface area contributed by atoms with Gasteiger partial charge in [0.05, 0.1) is 29.9 Å². The first-order chi connectivity index (χ1) is 9.16. The molecule has 106 valence electrons. The molecule has 0 saturated heterocycles. The lowest BCUT2D eigenvalue weighted by Crippen LogP contribution is -2.48. The van der Waals surface area contributed by atoms with Gasteiger partial charge in [-0.25, -0.2) is 4.98 Å². The van der Waals surface area contributed by atoms with Crippen LogP contribution >= 0.6 is 0 Å². The predicted molar refractivity (Wildman–Crippen MR) is 71.6 cm³/mol. The lowest BCUT2D eigenvalue weighted by atomic mass is 10.0. The first-order valence-corrected chi connectivity index (χ1v) is 6.80. The van der Waals surface area contributed by atoms with Crippen LogP contribution < -0.4 is 10.6 Å². The van der Waals surface area contributed by atoms with E-state index < -0.39 is 0 Å². The quantitative estimate of drug-likeness (QED) is 0.649. The number of hydrogen-bond donors (Lipinski definition) is 3. The normalized spacial score (nSPS) is 18.4. The van der Waals surface area contributed by atoms with Crippen LogP contribution in [0.2, 0.25) is 0 Å². The lowest BCUT2D eigenvalue weighted by molar-refractivity contribution is -0.123. The highest BCUT2D eigenvalue weighted by Gasteiger charge is 2.25. The average Bonchev–Trinajstić information content (AvgIpc) is 2.84. The van der Waals surface area contributed by atoms with Gasteiger partial charge in [0.2, 0.25) is 5.91 Å². The Labute approximate surface area is 113 Å². The van der Waals surface area contributed by atoms with Crippen molar-refractivity contribution in [1.29, 1.82) is 0 Å². The van der Waals surface area contributed by atoms with Crippen molar-refractivity contribution < 1.29 is 9.53 Å². The minimum atomic E-state index is -0.179. The van der Waals surface area contributed by atoms with E-state index in [2.05, 4.69) is 20.6 Å². The molecule has 0 aliphatic carbocycles. The number of nitrogens with one attached hydrogen (secondary N) is 3. The fourth-order valence-electron chi connectivity index (χ4n) is 2.08. The van der Waals surface area contributed by atoms with Crippen molar-refractivity contribution in [3.05, 3.63) is 17.7 Å². The molecule has 2 heterocycles. The summed E-state index contributed by atoms with van der Waals surface area (Å²) in [5.41, 5.74) is 2.07. The molecule has 1 atom stereocenters. The maximum Gasteiger partial charge on any atom is 0.237 e. The first kappa shape index (κ1) is 14.0. The topological polar surface area (TPSA) is 79.0 Å². The second-order valence-electron chi connectivity index (χ2n) is 5.03.